The van der Waals surface area contributed by atoms with Crippen LogP contribution in [0.4, 0.5) is 0 Å². The van der Waals surface area contributed by atoms with E-state index in [4.69, 9.17) is 0 Å². The second kappa shape index (κ2) is 5.95. The van der Waals surface area contributed by atoms with Gasteiger partial charge in [-0.2, -0.15) is 5.10 Å². The lowest BCUT2D eigenvalue weighted by atomic mass is 10.1. The van der Waals surface area contributed by atoms with E-state index in [9.17, 15) is 5.11 Å². The van der Waals surface area contributed by atoms with E-state index in [2.05, 4.69) is 23.9 Å². The Balaban J connectivity index is 2.11. The molecular weight excluding hydrogens is 282 g/mol. The molecule has 0 spiro atoms. The van der Waals surface area contributed by atoms with Crippen molar-refractivity contribution in [3.05, 3.63) is 41.0 Å². The van der Waals surface area contributed by atoms with Crippen LogP contribution < -0.4 is 0 Å². The Morgan fingerprint density at radius 3 is 2.52 bits per heavy atom. The highest BCUT2D eigenvalue weighted by Gasteiger charge is 2.19. The van der Waals surface area contributed by atoms with Gasteiger partial charge in [0, 0.05) is 11.5 Å². The second-order valence-electron chi connectivity index (χ2n) is 5.08. The summed E-state index contributed by atoms with van der Waals surface area (Å²) >= 11 is 1.63. The number of fused-ring (bicyclic) bond motifs is 1. The third-order valence-electron chi connectivity index (χ3n) is 3.84. The summed E-state index contributed by atoms with van der Waals surface area (Å²) in [7, 11) is 0. The van der Waals surface area contributed by atoms with E-state index in [0.29, 0.717) is 5.92 Å². The second-order valence-corrected chi connectivity index (χ2v) is 6.07. The van der Waals surface area contributed by atoms with Gasteiger partial charge in [0.05, 0.1) is 18.0 Å². The highest BCUT2D eigenvalue weighted by molar-refractivity contribution is 7.16. The fourth-order valence-electron chi connectivity index (χ4n) is 2.58. The molecule has 2 heterocycles. The molecular formula is C16H19N3OS. The maximum absolute atomic E-state index is 9.73. The molecule has 0 radical (unpaired) electrons. The zero-order valence-electron chi connectivity index (χ0n) is 12.3. The molecule has 5 heteroatoms. The van der Waals surface area contributed by atoms with Crippen LogP contribution in [0, 0.1) is 0 Å². The molecule has 0 aliphatic heterocycles. The van der Waals surface area contributed by atoms with Gasteiger partial charge in [0.2, 0.25) is 4.96 Å². The lowest BCUT2D eigenvalue weighted by molar-refractivity contribution is 0.275. The SMILES string of the molecule is CCC(CC)c1nn2c(CO)c(-c3ccccc3)nc2s1. The summed E-state index contributed by atoms with van der Waals surface area (Å²) in [6.45, 7) is 4.30. The largest absolute Gasteiger partial charge is 0.390 e. The van der Waals surface area contributed by atoms with Gasteiger partial charge in [-0.15, -0.1) is 0 Å². The highest BCUT2D eigenvalue weighted by atomic mass is 32.1. The number of benzene rings is 1. The van der Waals surface area contributed by atoms with Gasteiger partial charge in [-0.25, -0.2) is 9.50 Å². The van der Waals surface area contributed by atoms with Crippen molar-refractivity contribution in [1.29, 1.82) is 0 Å². The minimum Gasteiger partial charge on any atom is -0.390 e. The molecule has 2 aromatic heterocycles. The smallest absolute Gasteiger partial charge is 0.213 e. The van der Waals surface area contributed by atoms with Crippen LogP contribution in [-0.2, 0) is 6.61 Å². The fraction of sp³-hybridized carbons (Fsp3) is 0.375. The maximum atomic E-state index is 9.73. The lowest BCUT2D eigenvalue weighted by Gasteiger charge is -2.06. The molecule has 0 fully saturated rings. The van der Waals surface area contributed by atoms with Gasteiger partial charge in [0.25, 0.3) is 0 Å². The zero-order chi connectivity index (χ0) is 14.8. The first kappa shape index (κ1) is 14.2. The minimum absolute atomic E-state index is 0.0581. The van der Waals surface area contributed by atoms with Crippen LogP contribution in [0.15, 0.2) is 30.3 Å². The summed E-state index contributed by atoms with van der Waals surface area (Å²) in [4.78, 5) is 5.55. The number of aromatic nitrogens is 3. The van der Waals surface area contributed by atoms with Crippen LogP contribution in [-0.4, -0.2) is 19.7 Å². The Hall–Kier alpha value is -1.72. The topological polar surface area (TPSA) is 50.4 Å². The van der Waals surface area contributed by atoms with Crippen LogP contribution >= 0.6 is 11.3 Å². The summed E-state index contributed by atoms with van der Waals surface area (Å²) < 4.78 is 1.81. The number of imidazole rings is 1. The molecule has 0 atom stereocenters. The lowest BCUT2D eigenvalue weighted by Crippen LogP contribution is -1.99. The van der Waals surface area contributed by atoms with Crippen LogP contribution in [0.3, 0.4) is 0 Å². The molecule has 3 rings (SSSR count). The van der Waals surface area contributed by atoms with Gasteiger partial charge in [0.15, 0.2) is 0 Å². The molecule has 0 saturated carbocycles. The van der Waals surface area contributed by atoms with Crippen LogP contribution in [0.1, 0.15) is 43.3 Å². The van der Waals surface area contributed by atoms with Crippen molar-refractivity contribution in [3.8, 4) is 11.3 Å². The van der Waals surface area contributed by atoms with Gasteiger partial charge in [-0.1, -0.05) is 55.5 Å². The van der Waals surface area contributed by atoms with E-state index >= 15 is 0 Å². The molecule has 21 heavy (non-hydrogen) atoms. The van der Waals surface area contributed by atoms with E-state index in [1.54, 1.807) is 15.9 Å². The molecule has 0 amide bonds. The standard InChI is InChI=1S/C16H19N3OS/c1-3-11(4-2)15-18-19-13(10-20)14(17-16(19)21-15)12-8-6-5-7-9-12/h5-9,11,20H,3-4,10H2,1-2H3. The maximum Gasteiger partial charge on any atom is 0.213 e. The van der Waals surface area contributed by atoms with Crippen molar-refractivity contribution < 1.29 is 5.11 Å². The molecule has 1 N–H and O–H groups in total. The van der Waals surface area contributed by atoms with E-state index in [-0.39, 0.29) is 6.61 Å². The van der Waals surface area contributed by atoms with Gasteiger partial charge in [-0.3, -0.25) is 0 Å². The summed E-state index contributed by atoms with van der Waals surface area (Å²) in [5.74, 6) is 0.475. The first-order valence-corrected chi connectivity index (χ1v) is 8.14. The average Bonchev–Trinajstić information content (AvgIpc) is 3.06. The Bertz CT molecular complexity index is 729. The monoisotopic (exact) mass is 301 g/mol. The molecule has 3 aromatic rings. The van der Waals surface area contributed by atoms with Crippen LogP contribution in [0.5, 0.6) is 0 Å². The minimum atomic E-state index is -0.0581. The molecule has 0 aliphatic rings. The van der Waals surface area contributed by atoms with Crippen molar-refractivity contribution in [1.82, 2.24) is 14.6 Å². The number of aliphatic hydroxyl groups excluding tert-OH is 1. The Morgan fingerprint density at radius 1 is 1.19 bits per heavy atom. The number of hydrogen-bond acceptors (Lipinski definition) is 4. The molecule has 0 saturated heterocycles. The quantitative estimate of drug-likeness (QED) is 0.778. The van der Waals surface area contributed by atoms with Gasteiger partial charge < -0.3 is 5.11 Å². The Kier molecular flexibility index (Phi) is 4.03. The number of rotatable bonds is 5. The van der Waals surface area contributed by atoms with Gasteiger partial charge >= 0.3 is 0 Å². The van der Waals surface area contributed by atoms with Crippen molar-refractivity contribution in [3.63, 3.8) is 0 Å². The van der Waals surface area contributed by atoms with E-state index in [1.165, 1.54) is 0 Å². The van der Waals surface area contributed by atoms with E-state index in [1.807, 2.05) is 30.3 Å². The van der Waals surface area contributed by atoms with Crippen molar-refractivity contribution in [2.75, 3.05) is 0 Å². The molecule has 4 nitrogen and oxygen atoms in total. The van der Waals surface area contributed by atoms with E-state index in [0.717, 1.165) is 39.8 Å². The van der Waals surface area contributed by atoms with E-state index < -0.39 is 0 Å². The molecule has 0 aliphatic carbocycles. The van der Waals surface area contributed by atoms with Crippen molar-refractivity contribution >= 4 is 16.3 Å². The van der Waals surface area contributed by atoms with Gasteiger partial charge in [-0.05, 0) is 12.8 Å². The summed E-state index contributed by atoms with van der Waals surface area (Å²) in [6, 6.07) is 9.95. The number of hydrogen-bond donors (Lipinski definition) is 1. The average molecular weight is 301 g/mol. The van der Waals surface area contributed by atoms with Crippen LogP contribution in [0.25, 0.3) is 16.2 Å². The Morgan fingerprint density at radius 2 is 1.90 bits per heavy atom. The third-order valence-corrected chi connectivity index (χ3v) is 4.91. The first-order chi connectivity index (χ1) is 10.3. The molecule has 0 unspecified atom stereocenters. The molecule has 0 bridgehead atoms. The van der Waals surface area contributed by atoms with Crippen LogP contribution in [0.2, 0.25) is 0 Å². The predicted octanol–water partition coefficient (Wildman–Crippen LogP) is 3.85. The highest BCUT2D eigenvalue weighted by Crippen LogP contribution is 2.31. The third kappa shape index (κ3) is 2.47. The number of aliphatic hydroxyl groups is 1. The van der Waals surface area contributed by atoms with Crippen molar-refractivity contribution in [2.45, 2.75) is 39.2 Å². The molecule has 110 valence electrons. The number of nitrogens with zero attached hydrogens (tertiary/aromatic N) is 3. The summed E-state index contributed by atoms with van der Waals surface area (Å²) in [6.07, 6.45) is 2.15. The normalized spacial score (nSPS) is 11.6. The zero-order valence-corrected chi connectivity index (χ0v) is 13.1. The van der Waals surface area contributed by atoms with Crippen molar-refractivity contribution in [2.24, 2.45) is 0 Å². The molecule has 1 aromatic carbocycles. The Labute approximate surface area is 128 Å². The fourth-order valence-corrected chi connectivity index (χ4v) is 3.76. The summed E-state index contributed by atoms with van der Waals surface area (Å²) in [5, 5.41) is 15.5. The first-order valence-electron chi connectivity index (χ1n) is 7.33. The van der Waals surface area contributed by atoms with Gasteiger partial charge in [0.1, 0.15) is 5.01 Å². The summed E-state index contributed by atoms with van der Waals surface area (Å²) in [5.41, 5.74) is 2.61. The predicted molar refractivity (Wildman–Crippen MR) is 85.5 cm³/mol.